The fraction of sp³-hybridized carbons (Fsp3) is 0.571. The van der Waals surface area contributed by atoms with Crippen molar-refractivity contribution in [1.29, 1.82) is 0 Å². The molecule has 1 aliphatic heterocycles. The Bertz CT molecular complexity index is 333. The van der Waals surface area contributed by atoms with Crippen LogP contribution in [0.5, 0.6) is 5.75 Å². The van der Waals surface area contributed by atoms with Gasteiger partial charge in [-0.1, -0.05) is 12.1 Å². The molecule has 1 N–H and O–H groups in total. The van der Waals surface area contributed by atoms with E-state index in [1.807, 2.05) is 13.0 Å². The molecule has 0 radical (unpaired) electrons. The number of nitrogens with zero attached hydrogens (tertiary/aromatic N) is 1. The van der Waals surface area contributed by atoms with Crippen LogP contribution in [-0.2, 0) is 0 Å². The molecule has 0 aliphatic carbocycles. The molecule has 2 rings (SSSR count). The second-order valence-corrected chi connectivity index (χ2v) is 4.34. The molecule has 3 nitrogen and oxygen atoms in total. The summed E-state index contributed by atoms with van der Waals surface area (Å²) < 4.78 is 5.70. The molecule has 0 bridgehead atoms. The van der Waals surface area contributed by atoms with E-state index in [0.29, 0.717) is 0 Å². The van der Waals surface area contributed by atoms with E-state index in [4.69, 9.17) is 4.74 Å². The monoisotopic (exact) mass is 234 g/mol. The van der Waals surface area contributed by atoms with Gasteiger partial charge in [-0.3, -0.25) is 0 Å². The van der Waals surface area contributed by atoms with Gasteiger partial charge in [0.15, 0.2) is 0 Å². The Kier molecular flexibility index (Phi) is 4.68. The number of hydrogen-bond acceptors (Lipinski definition) is 3. The van der Waals surface area contributed by atoms with Crippen molar-refractivity contribution in [1.82, 2.24) is 5.32 Å². The van der Waals surface area contributed by atoms with Gasteiger partial charge in [0.25, 0.3) is 0 Å². The molecular weight excluding hydrogens is 212 g/mol. The van der Waals surface area contributed by atoms with Crippen molar-refractivity contribution in [2.45, 2.75) is 19.8 Å². The van der Waals surface area contributed by atoms with Crippen LogP contribution in [0, 0.1) is 0 Å². The highest BCUT2D eigenvalue weighted by Crippen LogP contribution is 2.28. The van der Waals surface area contributed by atoms with E-state index < -0.39 is 0 Å². The zero-order chi connectivity index (χ0) is 11.9. The summed E-state index contributed by atoms with van der Waals surface area (Å²) in [6.45, 7) is 7.22. The van der Waals surface area contributed by atoms with Gasteiger partial charge in [0.05, 0.1) is 12.3 Å². The first-order chi connectivity index (χ1) is 8.42. The average molecular weight is 234 g/mol. The first-order valence-electron chi connectivity index (χ1n) is 6.59. The van der Waals surface area contributed by atoms with Gasteiger partial charge in [0.1, 0.15) is 5.75 Å². The second kappa shape index (κ2) is 6.50. The number of anilines is 1. The molecule has 0 saturated carbocycles. The quantitative estimate of drug-likeness (QED) is 0.868. The topological polar surface area (TPSA) is 24.5 Å². The molecule has 0 amide bonds. The highest BCUT2D eigenvalue weighted by molar-refractivity contribution is 5.58. The van der Waals surface area contributed by atoms with E-state index >= 15 is 0 Å². The summed E-state index contributed by atoms with van der Waals surface area (Å²) >= 11 is 0. The average Bonchev–Trinajstić information content (AvgIpc) is 2.30. The van der Waals surface area contributed by atoms with Gasteiger partial charge in [-0.15, -0.1) is 0 Å². The highest BCUT2D eigenvalue weighted by Gasteiger charge is 2.12. The van der Waals surface area contributed by atoms with E-state index in [-0.39, 0.29) is 0 Å². The lowest BCUT2D eigenvalue weighted by Gasteiger charge is -2.28. The maximum atomic E-state index is 5.70. The third kappa shape index (κ3) is 3.37. The summed E-state index contributed by atoms with van der Waals surface area (Å²) in [5.74, 6) is 1.02. The largest absolute Gasteiger partial charge is 0.492 e. The van der Waals surface area contributed by atoms with Crippen molar-refractivity contribution in [3.8, 4) is 5.75 Å². The van der Waals surface area contributed by atoms with Crippen LogP contribution in [0.2, 0.25) is 0 Å². The Morgan fingerprint density at radius 2 is 1.88 bits per heavy atom. The van der Waals surface area contributed by atoms with E-state index in [1.54, 1.807) is 0 Å². The summed E-state index contributed by atoms with van der Waals surface area (Å²) in [6, 6.07) is 8.37. The predicted octanol–water partition coefficient (Wildman–Crippen LogP) is 2.28. The minimum absolute atomic E-state index is 0.729. The lowest BCUT2D eigenvalue weighted by Crippen LogP contribution is -2.34. The van der Waals surface area contributed by atoms with Crippen LogP contribution in [0.4, 0.5) is 5.69 Å². The van der Waals surface area contributed by atoms with E-state index in [9.17, 15) is 0 Å². The molecule has 1 aromatic rings. The lowest BCUT2D eigenvalue weighted by atomic mass is 10.2. The van der Waals surface area contributed by atoms with Crippen molar-refractivity contribution in [3.05, 3.63) is 24.3 Å². The molecule has 94 valence electrons. The zero-order valence-corrected chi connectivity index (χ0v) is 10.6. The van der Waals surface area contributed by atoms with E-state index in [0.717, 1.165) is 38.5 Å². The molecule has 1 aliphatic rings. The first-order valence-corrected chi connectivity index (χ1v) is 6.59. The van der Waals surface area contributed by atoms with Crippen LogP contribution < -0.4 is 15.0 Å². The summed E-state index contributed by atoms with van der Waals surface area (Å²) in [7, 11) is 0. The SMILES string of the molecule is CCOc1ccccc1N1CCCNCCC1. The Hall–Kier alpha value is -1.22. The van der Waals surface area contributed by atoms with Crippen LogP contribution >= 0.6 is 0 Å². The number of para-hydroxylation sites is 2. The Morgan fingerprint density at radius 1 is 1.18 bits per heavy atom. The maximum absolute atomic E-state index is 5.70. The molecule has 1 fully saturated rings. The van der Waals surface area contributed by atoms with Crippen molar-refractivity contribution in [2.24, 2.45) is 0 Å². The summed E-state index contributed by atoms with van der Waals surface area (Å²) in [5, 5.41) is 3.44. The van der Waals surface area contributed by atoms with Crippen molar-refractivity contribution < 1.29 is 4.74 Å². The van der Waals surface area contributed by atoms with Crippen molar-refractivity contribution >= 4 is 5.69 Å². The molecular formula is C14H22N2O. The van der Waals surface area contributed by atoms with Crippen LogP contribution in [0.1, 0.15) is 19.8 Å². The van der Waals surface area contributed by atoms with Gasteiger partial charge in [-0.2, -0.15) is 0 Å². The van der Waals surface area contributed by atoms with Crippen molar-refractivity contribution in [3.63, 3.8) is 0 Å². The van der Waals surface area contributed by atoms with Gasteiger partial charge >= 0.3 is 0 Å². The fourth-order valence-corrected chi connectivity index (χ4v) is 2.26. The lowest BCUT2D eigenvalue weighted by molar-refractivity contribution is 0.340. The van der Waals surface area contributed by atoms with Crippen LogP contribution in [0.3, 0.4) is 0 Å². The summed E-state index contributed by atoms with van der Waals surface area (Å²) in [6.07, 6.45) is 2.39. The third-order valence-corrected chi connectivity index (χ3v) is 3.07. The molecule has 0 unspecified atom stereocenters. The number of hydrogen-bond donors (Lipinski definition) is 1. The molecule has 17 heavy (non-hydrogen) atoms. The van der Waals surface area contributed by atoms with Crippen molar-refractivity contribution in [2.75, 3.05) is 37.7 Å². The first kappa shape index (κ1) is 12.2. The Morgan fingerprint density at radius 3 is 2.59 bits per heavy atom. The van der Waals surface area contributed by atoms with Gasteiger partial charge in [0, 0.05) is 13.1 Å². The minimum atomic E-state index is 0.729. The summed E-state index contributed by atoms with van der Waals surface area (Å²) in [5.41, 5.74) is 1.25. The molecule has 0 spiro atoms. The summed E-state index contributed by atoms with van der Waals surface area (Å²) in [4.78, 5) is 2.45. The zero-order valence-electron chi connectivity index (χ0n) is 10.6. The molecule has 0 aromatic heterocycles. The molecule has 1 aromatic carbocycles. The highest BCUT2D eigenvalue weighted by atomic mass is 16.5. The number of nitrogens with one attached hydrogen (secondary N) is 1. The second-order valence-electron chi connectivity index (χ2n) is 4.34. The minimum Gasteiger partial charge on any atom is -0.492 e. The molecule has 3 heteroatoms. The standard InChI is InChI=1S/C14H22N2O/c1-2-17-14-8-4-3-7-13(14)16-11-5-9-15-10-6-12-16/h3-4,7-8,15H,2,5-6,9-12H2,1H3. The van der Waals surface area contributed by atoms with E-state index in [1.165, 1.54) is 18.5 Å². The predicted molar refractivity (Wildman–Crippen MR) is 71.9 cm³/mol. The van der Waals surface area contributed by atoms with Crippen LogP contribution in [0.25, 0.3) is 0 Å². The van der Waals surface area contributed by atoms with Crippen LogP contribution in [-0.4, -0.2) is 32.8 Å². The van der Waals surface area contributed by atoms with Gasteiger partial charge in [0.2, 0.25) is 0 Å². The van der Waals surface area contributed by atoms with E-state index in [2.05, 4.69) is 28.4 Å². The third-order valence-electron chi connectivity index (χ3n) is 3.07. The van der Waals surface area contributed by atoms with Gasteiger partial charge in [-0.25, -0.2) is 0 Å². The number of ether oxygens (including phenoxy) is 1. The van der Waals surface area contributed by atoms with Gasteiger partial charge in [-0.05, 0) is 45.0 Å². The molecule has 1 saturated heterocycles. The molecule has 0 atom stereocenters. The molecule has 1 heterocycles. The van der Waals surface area contributed by atoms with Crippen LogP contribution in [0.15, 0.2) is 24.3 Å². The number of rotatable bonds is 3. The smallest absolute Gasteiger partial charge is 0.142 e. The normalized spacial score (nSPS) is 17.4. The van der Waals surface area contributed by atoms with Gasteiger partial charge < -0.3 is 15.0 Å². The Balaban J connectivity index is 2.12. The Labute approximate surface area is 104 Å². The fourth-order valence-electron chi connectivity index (χ4n) is 2.26. The maximum Gasteiger partial charge on any atom is 0.142 e. The number of benzene rings is 1.